The van der Waals surface area contributed by atoms with Crippen LogP contribution in [0.3, 0.4) is 0 Å². The quantitative estimate of drug-likeness (QED) is 0.811. The molecule has 0 aliphatic heterocycles. The average molecular weight is 320 g/mol. The van der Waals surface area contributed by atoms with Gasteiger partial charge in [0.2, 0.25) is 0 Å². The van der Waals surface area contributed by atoms with Crippen molar-refractivity contribution in [2.75, 3.05) is 13.2 Å². The minimum absolute atomic E-state index is 0.0280. The van der Waals surface area contributed by atoms with Crippen LogP contribution in [-0.2, 0) is 0 Å². The molecule has 0 saturated heterocycles. The van der Waals surface area contributed by atoms with E-state index in [0.29, 0.717) is 12.5 Å². The van der Waals surface area contributed by atoms with Crippen molar-refractivity contribution in [2.24, 2.45) is 5.92 Å². The van der Waals surface area contributed by atoms with E-state index in [9.17, 15) is 4.79 Å². The molecule has 5 heteroatoms. The standard InChI is InChI=1S/C12H18BrNO2S/c1-2-3-9(6-7-15)8-14-12(16)10-4-5-11(13)17-10/h4-5,9,15H,2-3,6-8H2,1H3,(H,14,16). The molecule has 96 valence electrons. The van der Waals surface area contributed by atoms with Crippen molar-refractivity contribution in [1.29, 1.82) is 0 Å². The summed E-state index contributed by atoms with van der Waals surface area (Å²) in [5, 5.41) is 11.9. The van der Waals surface area contributed by atoms with E-state index >= 15 is 0 Å². The van der Waals surface area contributed by atoms with Gasteiger partial charge in [0.25, 0.3) is 5.91 Å². The molecule has 1 unspecified atom stereocenters. The van der Waals surface area contributed by atoms with Crippen molar-refractivity contribution in [1.82, 2.24) is 5.32 Å². The van der Waals surface area contributed by atoms with Crippen LogP contribution in [0.2, 0.25) is 0 Å². The number of hydrogen-bond donors (Lipinski definition) is 2. The Kier molecular flexibility index (Phi) is 6.77. The second-order valence-corrected chi connectivity index (χ2v) is 6.44. The molecule has 0 aromatic carbocycles. The fraction of sp³-hybridized carbons (Fsp3) is 0.583. The number of nitrogens with one attached hydrogen (secondary N) is 1. The second-order valence-electron chi connectivity index (χ2n) is 3.98. The summed E-state index contributed by atoms with van der Waals surface area (Å²) in [5.74, 6) is 0.345. The summed E-state index contributed by atoms with van der Waals surface area (Å²) >= 11 is 4.77. The van der Waals surface area contributed by atoms with Crippen molar-refractivity contribution in [3.8, 4) is 0 Å². The molecular formula is C12H18BrNO2S. The smallest absolute Gasteiger partial charge is 0.261 e. The topological polar surface area (TPSA) is 49.3 Å². The van der Waals surface area contributed by atoms with Crippen molar-refractivity contribution < 1.29 is 9.90 Å². The Hall–Kier alpha value is -0.390. The number of rotatable bonds is 7. The van der Waals surface area contributed by atoms with Gasteiger partial charge >= 0.3 is 0 Å². The maximum atomic E-state index is 11.8. The van der Waals surface area contributed by atoms with Gasteiger partial charge in [0, 0.05) is 13.2 Å². The number of thiophene rings is 1. The van der Waals surface area contributed by atoms with Gasteiger partial charge in [0.15, 0.2) is 0 Å². The molecule has 0 radical (unpaired) electrons. The lowest BCUT2D eigenvalue weighted by Crippen LogP contribution is -2.29. The van der Waals surface area contributed by atoms with Crippen molar-refractivity contribution >= 4 is 33.2 Å². The van der Waals surface area contributed by atoms with Gasteiger partial charge in [0.1, 0.15) is 0 Å². The van der Waals surface area contributed by atoms with Crippen LogP contribution in [-0.4, -0.2) is 24.2 Å². The summed E-state index contributed by atoms with van der Waals surface area (Å²) in [6, 6.07) is 3.68. The highest BCUT2D eigenvalue weighted by Crippen LogP contribution is 2.22. The molecule has 1 atom stereocenters. The zero-order valence-corrected chi connectivity index (χ0v) is 12.3. The molecule has 2 N–H and O–H groups in total. The minimum Gasteiger partial charge on any atom is -0.396 e. The van der Waals surface area contributed by atoms with Gasteiger partial charge < -0.3 is 10.4 Å². The van der Waals surface area contributed by atoms with E-state index in [2.05, 4.69) is 28.2 Å². The number of halogens is 1. The van der Waals surface area contributed by atoms with Crippen LogP contribution < -0.4 is 5.32 Å². The summed E-state index contributed by atoms with van der Waals surface area (Å²) in [6.45, 7) is 2.94. The van der Waals surface area contributed by atoms with Crippen LogP contribution in [0, 0.1) is 5.92 Å². The monoisotopic (exact) mass is 319 g/mol. The Balaban J connectivity index is 2.40. The second kappa shape index (κ2) is 7.84. The summed E-state index contributed by atoms with van der Waals surface area (Å²) in [4.78, 5) is 12.5. The zero-order valence-electron chi connectivity index (χ0n) is 9.91. The number of amides is 1. The number of carbonyl (C=O) groups is 1. The fourth-order valence-electron chi connectivity index (χ4n) is 1.70. The molecule has 0 aliphatic rings. The highest BCUT2D eigenvalue weighted by Gasteiger charge is 2.12. The molecule has 0 fully saturated rings. The first-order valence-corrected chi connectivity index (χ1v) is 7.42. The van der Waals surface area contributed by atoms with Crippen LogP contribution in [0.1, 0.15) is 35.9 Å². The van der Waals surface area contributed by atoms with Crippen LogP contribution >= 0.6 is 27.3 Å². The molecule has 0 saturated carbocycles. The van der Waals surface area contributed by atoms with Crippen LogP contribution in [0.15, 0.2) is 15.9 Å². The van der Waals surface area contributed by atoms with E-state index in [1.54, 1.807) is 0 Å². The largest absolute Gasteiger partial charge is 0.396 e. The average Bonchev–Trinajstić information content (AvgIpc) is 2.73. The lowest BCUT2D eigenvalue weighted by molar-refractivity contribution is 0.0947. The Morgan fingerprint density at radius 2 is 2.29 bits per heavy atom. The molecule has 17 heavy (non-hydrogen) atoms. The van der Waals surface area contributed by atoms with E-state index in [1.807, 2.05) is 12.1 Å². The first-order valence-electron chi connectivity index (χ1n) is 5.81. The van der Waals surface area contributed by atoms with Gasteiger partial charge in [-0.15, -0.1) is 11.3 Å². The molecule has 1 aromatic rings. The highest BCUT2D eigenvalue weighted by molar-refractivity contribution is 9.11. The Morgan fingerprint density at radius 3 is 2.82 bits per heavy atom. The summed E-state index contributed by atoms with van der Waals surface area (Å²) in [7, 11) is 0. The van der Waals surface area contributed by atoms with E-state index in [4.69, 9.17) is 5.11 Å². The molecule has 1 heterocycles. The van der Waals surface area contributed by atoms with Gasteiger partial charge in [-0.25, -0.2) is 0 Å². The third-order valence-corrected chi connectivity index (χ3v) is 4.20. The Labute approximate surface area is 114 Å². The van der Waals surface area contributed by atoms with Crippen LogP contribution in [0.5, 0.6) is 0 Å². The lowest BCUT2D eigenvalue weighted by atomic mass is 10.0. The van der Waals surface area contributed by atoms with E-state index in [0.717, 1.165) is 27.9 Å². The molecular weight excluding hydrogens is 302 g/mol. The van der Waals surface area contributed by atoms with Crippen LogP contribution in [0.4, 0.5) is 0 Å². The molecule has 1 rings (SSSR count). The molecule has 0 spiro atoms. The normalized spacial score (nSPS) is 12.4. The third-order valence-electron chi connectivity index (χ3n) is 2.58. The predicted octanol–water partition coefficient (Wildman–Crippen LogP) is 3.04. The first kappa shape index (κ1) is 14.7. The van der Waals surface area contributed by atoms with Crippen molar-refractivity contribution in [3.05, 3.63) is 20.8 Å². The van der Waals surface area contributed by atoms with Gasteiger partial charge in [-0.3, -0.25) is 4.79 Å². The molecule has 0 bridgehead atoms. The zero-order chi connectivity index (χ0) is 12.7. The van der Waals surface area contributed by atoms with Gasteiger partial charge in [-0.1, -0.05) is 13.3 Å². The van der Waals surface area contributed by atoms with E-state index < -0.39 is 0 Å². The van der Waals surface area contributed by atoms with Crippen molar-refractivity contribution in [2.45, 2.75) is 26.2 Å². The van der Waals surface area contributed by atoms with E-state index in [-0.39, 0.29) is 12.5 Å². The fourth-order valence-corrected chi connectivity index (χ4v) is 3.00. The number of carbonyl (C=O) groups excluding carboxylic acids is 1. The Morgan fingerprint density at radius 1 is 1.53 bits per heavy atom. The highest BCUT2D eigenvalue weighted by atomic mass is 79.9. The third kappa shape index (κ3) is 5.19. The summed E-state index contributed by atoms with van der Waals surface area (Å²) in [5.41, 5.74) is 0. The van der Waals surface area contributed by atoms with Crippen molar-refractivity contribution in [3.63, 3.8) is 0 Å². The maximum absolute atomic E-state index is 11.8. The summed E-state index contributed by atoms with van der Waals surface area (Å²) < 4.78 is 0.961. The number of aliphatic hydroxyl groups excluding tert-OH is 1. The number of hydrogen-bond acceptors (Lipinski definition) is 3. The minimum atomic E-state index is -0.0280. The first-order chi connectivity index (χ1) is 8.17. The van der Waals surface area contributed by atoms with Crippen LogP contribution in [0.25, 0.3) is 0 Å². The molecule has 3 nitrogen and oxygen atoms in total. The van der Waals surface area contributed by atoms with Gasteiger partial charge in [-0.05, 0) is 46.8 Å². The van der Waals surface area contributed by atoms with Gasteiger partial charge in [-0.2, -0.15) is 0 Å². The molecule has 1 aromatic heterocycles. The Bertz CT molecular complexity index is 348. The molecule has 0 aliphatic carbocycles. The molecule has 1 amide bonds. The number of aliphatic hydroxyl groups is 1. The summed E-state index contributed by atoms with van der Waals surface area (Å²) in [6.07, 6.45) is 2.86. The SMILES string of the molecule is CCCC(CCO)CNC(=O)c1ccc(Br)s1. The van der Waals surface area contributed by atoms with Gasteiger partial charge in [0.05, 0.1) is 8.66 Å². The predicted molar refractivity (Wildman–Crippen MR) is 74.5 cm³/mol. The lowest BCUT2D eigenvalue weighted by Gasteiger charge is -2.15. The maximum Gasteiger partial charge on any atom is 0.261 e. The van der Waals surface area contributed by atoms with E-state index in [1.165, 1.54) is 11.3 Å².